The van der Waals surface area contributed by atoms with Gasteiger partial charge in [-0.2, -0.15) is 22.0 Å². The predicted octanol–water partition coefficient (Wildman–Crippen LogP) is 3.42. The minimum absolute atomic E-state index is 0.473. The molecule has 0 spiro atoms. The van der Waals surface area contributed by atoms with Crippen molar-refractivity contribution in [3.05, 3.63) is 0 Å². The topological polar surface area (TPSA) is 65.0 Å². The molecule has 0 aliphatic heterocycles. The summed E-state index contributed by atoms with van der Waals surface area (Å²) >= 11 is 1.83. The van der Waals surface area contributed by atoms with Crippen LogP contribution in [0, 0.1) is 0 Å². The summed E-state index contributed by atoms with van der Waals surface area (Å²) in [6, 6.07) is 0. The van der Waals surface area contributed by atoms with Crippen molar-refractivity contribution in [2.24, 2.45) is 0 Å². The minimum Gasteiger partial charge on any atom is -0.462 e. The van der Waals surface area contributed by atoms with Crippen LogP contribution in [-0.4, -0.2) is 51.9 Å². The molecule has 0 aromatic carbocycles. The van der Waals surface area contributed by atoms with Crippen molar-refractivity contribution in [3.8, 4) is 0 Å². The summed E-state index contributed by atoms with van der Waals surface area (Å²) in [5.41, 5.74) is -3.49. The molecular weight excluding hydrogens is 458 g/mol. The molecule has 24 heavy (non-hydrogen) atoms. The smallest absolute Gasteiger partial charge is 0.462 e. The van der Waals surface area contributed by atoms with Crippen LogP contribution in [0.1, 0.15) is 34.1 Å². The predicted molar refractivity (Wildman–Crippen MR) is 81.8 cm³/mol. The summed E-state index contributed by atoms with van der Waals surface area (Å²) < 4.78 is 74.2. The normalized spacial score (nSPS) is 17.3. The van der Waals surface area contributed by atoms with Crippen LogP contribution in [0.15, 0.2) is 0 Å². The molecule has 2 atom stereocenters. The third-order valence-corrected chi connectivity index (χ3v) is 4.74. The minimum atomic E-state index is -5.90. The number of ether oxygens (including phenoxy) is 3. The number of alkyl halides is 6. The van der Waals surface area contributed by atoms with Gasteiger partial charge in [0.1, 0.15) is 16.1 Å². The Hall–Kier alpha value is -0.270. The Balaban J connectivity index is 4.88. The van der Waals surface area contributed by atoms with Crippen molar-refractivity contribution in [2.75, 3.05) is 13.4 Å². The van der Waals surface area contributed by atoms with Gasteiger partial charge < -0.3 is 14.6 Å². The number of aliphatic hydroxyl groups is 1. The maximum Gasteiger partial charge on any atom is 0.483 e. The Kier molecular flexibility index (Phi) is 8.31. The Morgan fingerprint density at radius 3 is 2.00 bits per heavy atom. The van der Waals surface area contributed by atoms with E-state index in [2.05, 4.69) is 4.74 Å². The summed E-state index contributed by atoms with van der Waals surface area (Å²) in [6.07, 6.45) is -10.8. The second-order valence-electron chi connectivity index (χ2n) is 5.69. The molecule has 11 heteroatoms. The van der Waals surface area contributed by atoms with E-state index >= 15 is 0 Å². The first-order chi connectivity index (χ1) is 10.6. The van der Waals surface area contributed by atoms with Gasteiger partial charge in [-0.25, -0.2) is 0 Å². The zero-order chi connectivity index (χ0) is 19.4. The molecule has 0 aromatic rings. The number of hydrogen-bond donors (Lipinski definition) is 1. The van der Waals surface area contributed by atoms with Crippen molar-refractivity contribution in [3.63, 3.8) is 0 Å². The zero-order valence-electron chi connectivity index (χ0n) is 13.5. The lowest BCUT2D eigenvalue weighted by atomic mass is 9.88. The molecule has 0 saturated carbocycles. The zero-order valence-corrected chi connectivity index (χ0v) is 15.7. The molecule has 0 rings (SSSR count). The van der Waals surface area contributed by atoms with Crippen LogP contribution >= 0.6 is 22.6 Å². The van der Waals surface area contributed by atoms with E-state index in [4.69, 9.17) is 9.47 Å². The first-order valence-corrected chi connectivity index (χ1v) is 8.07. The quantitative estimate of drug-likeness (QED) is 0.181. The van der Waals surface area contributed by atoms with Gasteiger partial charge in [-0.3, -0.25) is 9.53 Å². The molecule has 0 amide bonds. The molecule has 0 aliphatic carbocycles. The Bertz CT molecular complexity index is 424. The highest BCUT2D eigenvalue weighted by Gasteiger charge is 2.60. The van der Waals surface area contributed by atoms with Crippen LogP contribution in [0.3, 0.4) is 0 Å². The number of rotatable bonds is 9. The van der Waals surface area contributed by atoms with Crippen LogP contribution in [0.5, 0.6) is 0 Å². The highest BCUT2D eigenvalue weighted by molar-refractivity contribution is 14.1. The van der Waals surface area contributed by atoms with Gasteiger partial charge in [0.05, 0.1) is 5.60 Å². The van der Waals surface area contributed by atoms with E-state index in [1.165, 1.54) is 20.8 Å². The van der Waals surface area contributed by atoms with Crippen LogP contribution in [0.25, 0.3) is 0 Å². The lowest BCUT2D eigenvalue weighted by Crippen LogP contribution is -2.54. The van der Waals surface area contributed by atoms with Gasteiger partial charge in [0.25, 0.3) is 0 Å². The van der Waals surface area contributed by atoms with Gasteiger partial charge in [-0.05, 0) is 27.2 Å². The number of halogens is 6. The molecule has 0 radical (unpaired) electrons. The molecular formula is C13H20F5IO5. The van der Waals surface area contributed by atoms with Crippen molar-refractivity contribution in [1.29, 1.82) is 0 Å². The van der Waals surface area contributed by atoms with E-state index in [0.717, 1.165) is 0 Å². The molecule has 0 bridgehead atoms. The Morgan fingerprint density at radius 2 is 1.62 bits per heavy atom. The van der Waals surface area contributed by atoms with Gasteiger partial charge in [0.15, 0.2) is 6.79 Å². The van der Waals surface area contributed by atoms with Crippen LogP contribution in [0.4, 0.5) is 22.0 Å². The van der Waals surface area contributed by atoms with Crippen LogP contribution < -0.4 is 0 Å². The lowest BCUT2D eigenvalue weighted by Gasteiger charge is -2.39. The highest BCUT2D eigenvalue weighted by Crippen LogP contribution is 2.37. The summed E-state index contributed by atoms with van der Waals surface area (Å²) in [7, 11) is 0. The fourth-order valence-corrected chi connectivity index (χ4v) is 1.36. The summed E-state index contributed by atoms with van der Waals surface area (Å²) in [5.74, 6) is -0.626. The maximum absolute atomic E-state index is 12.7. The van der Waals surface area contributed by atoms with Gasteiger partial charge in [0.2, 0.25) is 0 Å². The van der Waals surface area contributed by atoms with Crippen molar-refractivity contribution in [1.82, 2.24) is 0 Å². The van der Waals surface area contributed by atoms with Crippen molar-refractivity contribution < 1.29 is 46.1 Å². The lowest BCUT2D eigenvalue weighted by molar-refractivity contribution is -0.413. The third-order valence-electron chi connectivity index (χ3n) is 3.35. The standard InChI is InChI=1S/C13H20F5IO5/c1-5-8(19)9(20)22-6-11(4,10(2,3)21)23-7-24-13(17,18)12(14,15)16/h8,21H,5-7H2,1-4H3. The molecule has 0 aliphatic rings. The molecule has 0 fully saturated rings. The van der Waals surface area contributed by atoms with Crippen molar-refractivity contribution >= 4 is 28.6 Å². The second-order valence-corrected chi connectivity index (χ2v) is 7.20. The first-order valence-electron chi connectivity index (χ1n) is 6.83. The van der Waals surface area contributed by atoms with Crippen molar-refractivity contribution in [2.45, 2.75) is 61.5 Å². The second kappa shape index (κ2) is 8.41. The monoisotopic (exact) mass is 478 g/mol. The van der Waals surface area contributed by atoms with Gasteiger partial charge in [0, 0.05) is 0 Å². The van der Waals surface area contributed by atoms with E-state index in [1.807, 2.05) is 22.6 Å². The summed E-state index contributed by atoms with van der Waals surface area (Å²) in [6.45, 7) is 3.36. The highest BCUT2D eigenvalue weighted by atomic mass is 127. The Morgan fingerprint density at radius 1 is 1.12 bits per heavy atom. The molecule has 0 aromatic heterocycles. The number of carbonyl (C=O) groups is 1. The number of esters is 1. The van der Waals surface area contributed by atoms with Crippen LogP contribution in [-0.2, 0) is 19.0 Å². The largest absolute Gasteiger partial charge is 0.483 e. The van der Waals surface area contributed by atoms with Crippen LogP contribution in [0.2, 0.25) is 0 Å². The fourth-order valence-electron chi connectivity index (χ4n) is 1.18. The van der Waals surface area contributed by atoms with Gasteiger partial charge >= 0.3 is 18.3 Å². The van der Waals surface area contributed by atoms with E-state index in [1.54, 1.807) is 6.92 Å². The molecule has 1 N–H and O–H groups in total. The molecule has 0 saturated heterocycles. The van der Waals surface area contributed by atoms with E-state index in [9.17, 15) is 31.9 Å². The van der Waals surface area contributed by atoms with Gasteiger partial charge in [-0.1, -0.05) is 29.5 Å². The molecule has 144 valence electrons. The maximum atomic E-state index is 12.7. The van der Waals surface area contributed by atoms with Gasteiger partial charge in [-0.15, -0.1) is 0 Å². The third kappa shape index (κ3) is 6.56. The first kappa shape index (κ1) is 23.7. The van der Waals surface area contributed by atoms with E-state index < -0.39 is 46.8 Å². The Labute approximate surface area is 150 Å². The SMILES string of the molecule is CCC(I)C(=O)OCC(C)(OCOC(F)(F)C(F)(F)F)C(C)(C)O. The average Bonchev–Trinajstić information content (AvgIpc) is 2.41. The molecule has 2 unspecified atom stereocenters. The fraction of sp³-hybridized carbons (Fsp3) is 0.923. The number of carbonyl (C=O) groups excluding carboxylic acids is 1. The summed E-state index contributed by atoms with van der Waals surface area (Å²) in [5, 5.41) is 10.1. The van der Waals surface area contributed by atoms with E-state index in [-0.39, 0.29) is 0 Å². The molecule has 0 heterocycles. The average molecular weight is 478 g/mol. The van der Waals surface area contributed by atoms with E-state index in [0.29, 0.717) is 6.42 Å². The summed E-state index contributed by atoms with van der Waals surface area (Å²) in [4.78, 5) is 11.6. The number of hydrogen-bond acceptors (Lipinski definition) is 5. The molecule has 5 nitrogen and oxygen atoms in total.